The maximum absolute atomic E-state index is 13.5. The van der Waals surface area contributed by atoms with Crippen molar-refractivity contribution in [2.24, 2.45) is 0 Å². The van der Waals surface area contributed by atoms with E-state index in [1.165, 1.54) is 4.31 Å². The Morgan fingerprint density at radius 1 is 1.19 bits per heavy atom. The number of carbonyl (C=O) groups is 2. The molecule has 1 unspecified atom stereocenters. The van der Waals surface area contributed by atoms with E-state index in [0.29, 0.717) is 50.2 Å². The van der Waals surface area contributed by atoms with Crippen molar-refractivity contribution in [3.05, 3.63) is 51.8 Å². The molecule has 0 spiro atoms. The molecule has 11 heteroatoms. The molecule has 2 aliphatic heterocycles. The molecular weight excluding hydrogens is 566 g/mol. The van der Waals surface area contributed by atoms with Crippen LogP contribution in [0.15, 0.2) is 50.5 Å². The lowest BCUT2D eigenvalue weighted by Gasteiger charge is -2.33. The SMILES string of the molecule is COCCCN1C(=O)c2cccc3c(NC(=O)C4CCCCN4S(=O)(=O)c4ccc(Br)s4)ccc1c23. The molecule has 2 aromatic carbocycles. The van der Waals surface area contributed by atoms with Crippen LogP contribution in [0.4, 0.5) is 11.4 Å². The van der Waals surface area contributed by atoms with Crippen LogP contribution in [-0.2, 0) is 19.6 Å². The van der Waals surface area contributed by atoms with Crippen LogP contribution in [0.2, 0.25) is 0 Å². The minimum Gasteiger partial charge on any atom is -0.385 e. The first kappa shape index (κ1) is 25.3. The molecule has 3 aromatic rings. The largest absolute Gasteiger partial charge is 0.385 e. The number of carbonyl (C=O) groups excluding carboxylic acids is 2. The van der Waals surface area contributed by atoms with Gasteiger partial charge in [-0.25, -0.2) is 8.42 Å². The molecule has 36 heavy (non-hydrogen) atoms. The second-order valence-electron chi connectivity index (χ2n) is 8.84. The predicted octanol–water partition coefficient (Wildman–Crippen LogP) is 4.84. The van der Waals surface area contributed by atoms with Gasteiger partial charge >= 0.3 is 0 Å². The summed E-state index contributed by atoms with van der Waals surface area (Å²) < 4.78 is 34.1. The molecule has 1 aromatic heterocycles. The number of benzene rings is 2. The summed E-state index contributed by atoms with van der Waals surface area (Å²) in [4.78, 5) is 28.3. The molecule has 1 atom stereocenters. The van der Waals surface area contributed by atoms with Gasteiger partial charge in [-0.15, -0.1) is 11.3 Å². The fourth-order valence-electron chi connectivity index (χ4n) is 4.97. The lowest BCUT2D eigenvalue weighted by atomic mass is 10.0. The van der Waals surface area contributed by atoms with Crippen molar-refractivity contribution in [2.75, 3.05) is 37.0 Å². The third-order valence-electron chi connectivity index (χ3n) is 6.64. The zero-order valence-corrected chi connectivity index (χ0v) is 22.9. The Labute approximate surface area is 222 Å². The van der Waals surface area contributed by atoms with E-state index in [1.807, 2.05) is 12.1 Å². The van der Waals surface area contributed by atoms with E-state index in [-0.39, 0.29) is 16.0 Å². The van der Waals surface area contributed by atoms with Crippen LogP contribution < -0.4 is 10.2 Å². The number of anilines is 2. The predicted molar refractivity (Wildman–Crippen MR) is 144 cm³/mol. The van der Waals surface area contributed by atoms with Crippen molar-refractivity contribution in [3.8, 4) is 0 Å². The molecule has 0 aliphatic carbocycles. The zero-order chi connectivity index (χ0) is 25.4. The van der Waals surface area contributed by atoms with Gasteiger partial charge in [0, 0.05) is 48.8 Å². The highest BCUT2D eigenvalue weighted by Gasteiger charge is 2.39. The highest BCUT2D eigenvalue weighted by atomic mass is 79.9. The van der Waals surface area contributed by atoms with Crippen LogP contribution in [0.1, 0.15) is 36.0 Å². The first-order chi connectivity index (χ1) is 17.3. The van der Waals surface area contributed by atoms with Crippen molar-refractivity contribution in [1.82, 2.24) is 4.31 Å². The number of sulfonamides is 1. The van der Waals surface area contributed by atoms with Gasteiger partial charge in [-0.3, -0.25) is 9.59 Å². The fraction of sp³-hybridized carbons (Fsp3) is 0.360. The third kappa shape index (κ3) is 4.47. The molecule has 2 amide bonds. The van der Waals surface area contributed by atoms with Gasteiger partial charge in [0.05, 0.1) is 9.47 Å². The summed E-state index contributed by atoms with van der Waals surface area (Å²) in [6.45, 7) is 1.39. The minimum atomic E-state index is -3.80. The summed E-state index contributed by atoms with van der Waals surface area (Å²) in [5.41, 5.74) is 1.97. The van der Waals surface area contributed by atoms with Gasteiger partial charge in [-0.1, -0.05) is 18.6 Å². The number of methoxy groups -OCH3 is 1. The van der Waals surface area contributed by atoms with Crippen molar-refractivity contribution in [3.63, 3.8) is 0 Å². The van der Waals surface area contributed by atoms with Crippen molar-refractivity contribution < 1.29 is 22.7 Å². The summed E-state index contributed by atoms with van der Waals surface area (Å²) in [5.74, 6) is -0.433. The number of amides is 2. The molecule has 190 valence electrons. The Morgan fingerprint density at radius 3 is 2.78 bits per heavy atom. The average Bonchev–Trinajstić information content (AvgIpc) is 3.44. The van der Waals surface area contributed by atoms with Crippen LogP contribution in [-0.4, -0.2) is 57.4 Å². The smallest absolute Gasteiger partial charge is 0.258 e. The third-order valence-corrected chi connectivity index (χ3v) is 10.6. The van der Waals surface area contributed by atoms with E-state index in [4.69, 9.17) is 4.74 Å². The molecule has 3 heterocycles. The Balaban J connectivity index is 1.44. The standard InChI is InChI=1S/C25H26BrN3O5S2/c1-34-15-5-13-28-19-10-9-18(16-6-4-7-17(23(16)19)25(28)31)27-24(30)20-8-2-3-14-29(20)36(32,33)22-12-11-21(26)35-22/h4,6-7,9-12,20H,2-3,5,8,13-15H2,1H3,(H,27,30). The maximum atomic E-state index is 13.5. The van der Waals surface area contributed by atoms with Crippen LogP contribution >= 0.6 is 27.3 Å². The molecule has 5 rings (SSSR count). The Hall–Kier alpha value is -2.31. The number of ether oxygens (including phenoxy) is 1. The van der Waals surface area contributed by atoms with Gasteiger partial charge in [0.25, 0.3) is 15.9 Å². The number of halogens is 1. The lowest BCUT2D eigenvalue weighted by molar-refractivity contribution is -0.120. The number of nitrogens with zero attached hydrogens (tertiary/aromatic N) is 2. The van der Waals surface area contributed by atoms with Crippen LogP contribution in [0.3, 0.4) is 0 Å². The molecule has 0 saturated carbocycles. The molecule has 8 nitrogen and oxygen atoms in total. The monoisotopic (exact) mass is 591 g/mol. The van der Waals surface area contributed by atoms with Gasteiger partial charge in [0.1, 0.15) is 10.3 Å². The second-order valence-corrected chi connectivity index (χ2v) is 13.4. The van der Waals surface area contributed by atoms with E-state index in [0.717, 1.165) is 38.0 Å². The van der Waals surface area contributed by atoms with E-state index in [2.05, 4.69) is 21.2 Å². The van der Waals surface area contributed by atoms with E-state index in [1.54, 1.807) is 42.3 Å². The molecule has 0 bridgehead atoms. The number of hydrogen-bond acceptors (Lipinski definition) is 6. The number of nitrogens with one attached hydrogen (secondary N) is 1. The van der Waals surface area contributed by atoms with Crippen LogP contribution in [0.25, 0.3) is 10.8 Å². The highest BCUT2D eigenvalue weighted by molar-refractivity contribution is 9.11. The van der Waals surface area contributed by atoms with Gasteiger partial charge in [-0.05, 0) is 65.5 Å². The molecule has 1 N–H and O–H groups in total. The number of rotatable bonds is 8. The van der Waals surface area contributed by atoms with Crippen molar-refractivity contribution in [1.29, 1.82) is 0 Å². The summed E-state index contributed by atoms with van der Waals surface area (Å²) in [6.07, 6.45) is 2.64. The minimum absolute atomic E-state index is 0.0677. The van der Waals surface area contributed by atoms with Gasteiger partial charge in [0.2, 0.25) is 5.91 Å². The summed E-state index contributed by atoms with van der Waals surface area (Å²) in [5, 5.41) is 4.53. The number of thiophene rings is 1. The van der Waals surface area contributed by atoms with Gasteiger partial charge in [-0.2, -0.15) is 4.31 Å². The quantitative estimate of drug-likeness (QED) is 0.378. The van der Waals surface area contributed by atoms with Crippen molar-refractivity contribution >= 4 is 71.3 Å². The Kier molecular flexibility index (Phi) is 7.19. The normalized spacial score (nSPS) is 18.2. The molecular formula is C25H26BrN3O5S2. The molecule has 1 fully saturated rings. The van der Waals surface area contributed by atoms with Crippen LogP contribution in [0.5, 0.6) is 0 Å². The first-order valence-corrected chi connectivity index (χ1v) is 14.8. The Morgan fingerprint density at radius 2 is 2.03 bits per heavy atom. The van der Waals surface area contributed by atoms with E-state index >= 15 is 0 Å². The van der Waals surface area contributed by atoms with Gasteiger partial charge in [0.15, 0.2) is 0 Å². The lowest BCUT2D eigenvalue weighted by Crippen LogP contribution is -2.49. The summed E-state index contributed by atoms with van der Waals surface area (Å²) in [6, 6.07) is 11.6. The molecule has 2 aliphatic rings. The van der Waals surface area contributed by atoms with Crippen LogP contribution in [0, 0.1) is 0 Å². The van der Waals surface area contributed by atoms with E-state index < -0.39 is 16.1 Å². The first-order valence-electron chi connectivity index (χ1n) is 11.8. The second kappa shape index (κ2) is 10.2. The zero-order valence-electron chi connectivity index (χ0n) is 19.7. The average molecular weight is 593 g/mol. The number of hydrogen-bond donors (Lipinski definition) is 1. The maximum Gasteiger partial charge on any atom is 0.258 e. The topological polar surface area (TPSA) is 96.0 Å². The molecule has 0 radical (unpaired) electrons. The van der Waals surface area contributed by atoms with Crippen molar-refractivity contribution in [2.45, 2.75) is 35.9 Å². The molecule has 1 saturated heterocycles. The van der Waals surface area contributed by atoms with Gasteiger partial charge < -0.3 is 15.0 Å². The highest BCUT2D eigenvalue weighted by Crippen LogP contribution is 2.41. The van der Waals surface area contributed by atoms with E-state index in [9.17, 15) is 18.0 Å². The number of piperidine rings is 1. The Bertz CT molecular complexity index is 1440. The fourth-order valence-corrected chi connectivity index (χ4v) is 8.76. The summed E-state index contributed by atoms with van der Waals surface area (Å²) >= 11 is 4.46. The summed E-state index contributed by atoms with van der Waals surface area (Å²) in [7, 11) is -2.17.